The van der Waals surface area contributed by atoms with E-state index in [1.165, 1.54) is 37.4 Å². The number of aromatic amines is 1. The molecule has 2 heterocycles. The molecule has 2 aromatic heterocycles. The third kappa shape index (κ3) is 5.18. The van der Waals surface area contributed by atoms with Gasteiger partial charge in [0.2, 0.25) is 5.88 Å². The van der Waals surface area contributed by atoms with Crippen LogP contribution in [-0.4, -0.2) is 52.7 Å². The SMILES string of the molecule is COCCOc1n[nH]c2cc(NC(=O)N[C@@H](c3ccc(F)cc3)[C@@H](C)O)ncc12. The number of fused-ring (bicyclic) bond motifs is 1. The van der Waals surface area contributed by atoms with Gasteiger partial charge in [-0.1, -0.05) is 12.1 Å². The molecular weight excluding hydrogens is 381 g/mol. The van der Waals surface area contributed by atoms with Crippen LogP contribution in [0.5, 0.6) is 5.88 Å². The minimum absolute atomic E-state index is 0.283. The number of amides is 2. The van der Waals surface area contributed by atoms with E-state index in [-0.39, 0.29) is 5.82 Å². The van der Waals surface area contributed by atoms with Gasteiger partial charge in [0.1, 0.15) is 18.2 Å². The first kappa shape index (κ1) is 20.5. The van der Waals surface area contributed by atoms with Crippen LogP contribution in [-0.2, 0) is 4.74 Å². The quantitative estimate of drug-likeness (QED) is 0.429. The van der Waals surface area contributed by atoms with E-state index in [4.69, 9.17) is 9.47 Å². The molecule has 0 aliphatic rings. The highest BCUT2D eigenvalue weighted by Crippen LogP contribution is 2.24. The molecule has 0 saturated heterocycles. The molecule has 3 rings (SSSR count). The number of carbonyl (C=O) groups is 1. The summed E-state index contributed by atoms with van der Waals surface area (Å²) in [5.41, 5.74) is 1.21. The molecule has 3 aromatic rings. The molecule has 0 fully saturated rings. The molecular formula is C19H22FN5O4. The van der Waals surface area contributed by atoms with Gasteiger partial charge < -0.3 is 19.9 Å². The Kier molecular flexibility index (Phi) is 6.57. The number of pyridine rings is 1. The van der Waals surface area contributed by atoms with Crippen molar-refractivity contribution in [3.8, 4) is 5.88 Å². The summed E-state index contributed by atoms with van der Waals surface area (Å²) < 4.78 is 23.6. The highest BCUT2D eigenvalue weighted by molar-refractivity contribution is 5.92. The fourth-order valence-corrected chi connectivity index (χ4v) is 2.74. The number of aliphatic hydroxyl groups excluding tert-OH is 1. The Hall–Kier alpha value is -3.24. The number of benzene rings is 1. The zero-order valence-electron chi connectivity index (χ0n) is 16.0. The van der Waals surface area contributed by atoms with E-state index in [9.17, 15) is 14.3 Å². The lowest BCUT2D eigenvalue weighted by atomic mass is 10.0. The van der Waals surface area contributed by atoms with Crippen LogP contribution in [0.4, 0.5) is 15.0 Å². The van der Waals surface area contributed by atoms with Gasteiger partial charge in [-0.15, -0.1) is 5.10 Å². The molecule has 2 amide bonds. The van der Waals surface area contributed by atoms with Crippen LogP contribution in [0.1, 0.15) is 18.5 Å². The van der Waals surface area contributed by atoms with E-state index in [0.717, 1.165) is 0 Å². The van der Waals surface area contributed by atoms with Crippen molar-refractivity contribution in [3.63, 3.8) is 0 Å². The lowest BCUT2D eigenvalue weighted by Crippen LogP contribution is -2.37. The number of carbonyl (C=O) groups excluding carboxylic acids is 1. The van der Waals surface area contributed by atoms with Gasteiger partial charge in [0, 0.05) is 19.4 Å². The third-order valence-electron chi connectivity index (χ3n) is 4.18. The standard InChI is InChI=1S/C19H22FN5O4/c1-11(26)17(12-3-5-13(20)6-4-12)23-19(27)22-16-9-15-14(10-21-16)18(25-24-15)29-8-7-28-2/h3-6,9-11,17,26H,7-8H2,1-2H3,(H,24,25)(H2,21,22,23,27)/t11-,17-/m1/s1. The van der Waals surface area contributed by atoms with Gasteiger partial charge in [0.15, 0.2) is 0 Å². The lowest BCUT2D eigenvalue weighted by Gasteiger charge is -2.22. The summed E-state index contributed by atoms with van der Waals surface area (Å²) in [5.74, 6) is 0.279. The summed E-state index contributed by atoms with van der Waals surface area (Å²) in [6.07, 6.45) is 0.643. The minimum atomic E-state index is -0.888. The first-order valence-corrected chi connectivity index (χ1v) is 8.95. The van der Waals surface area contributed by atoms with Crippen molar-refractivity contribution in [1.29, 1.82) is 0 Å². The zero-order valence-corrected chi connectivity index (χ0v) is 16.0. The Morgan fingerprint density at radius 1 is 1.31 bits per heavy atom. The second kappa shape index (κ2) is 9.30. The Labute approximate surface area is 166 Å². The highest BCUT2D eigenvalue weighted by Gasteiger charge is 2.20. The van der Waals surface area contributed by atoms with Crippen LogP contribution in [0.15, 0.2) is 36.5 Å². The van der Waals surface area contributed by atoms with Gasteiger partial charge in [0.05, 0.1) is 29.7 Å². The van der Waals surface area contributed by atoms with E-state index < -0.39 is 24.0 Å². The van der Waals surface area contributed by atoms with Crippen LogP contribution in [0.3, 0.4) is 0 Å². The summed E-state index contributed by atoms with van der Waals surface area (Å²) in [5, 5.41) is 22.8. The number of ether oxygens (including phenoxy) is 2. The highest BCUT2D eigenvalue weighted by atomic mass is 19.1. The second-order valence-electron chi connectivity index (χ2n) is 6.35. The summed E-state index contributed by atoms with van der Waals surface area (Å²) in [4.78, 5) is 16.6. The molecule has 0 bridgehead atoms. The van der Waals surface area contributed by atoms with Crippen molar-refractivity contribution in [2.45, 2.75) is 19.1 Å². The normalized spacial score (nSPS) is 13.1. The molecule has 10 heteroatoms. The Bertz CT molecular complexity index is 961. The van der Waals surface area contributed by atoms with Crippen LogP contribution < -0.4 is 15.4 Å². The van der Waals surface area contributed by atoms with E-state index in [1.54, 1.807) is 13.2 Å². The number of urea groups is 1. The molecule has 4 N–H and O–H groups in total. The summed E-state index contributed by atoms with van der Waals surface area (Å²) in [6, 6.07) is 5.88. The molecule has 1 aromatic carbocycles. The molecule has 0 spiro atoms. The van der Waals surface area contributed by atoms with Crippen molar-refractivity contribution in [2.75, 3.05) is 25.6 Å². The number of hydrogen-bond acceptors (Lipinski definition) is 6. The van der Waals surface area contributed by atoms with E-state index in [2.05, 4.69) is 25.8 Å². The molecule has 0 unspecified atom stereocenters. The number of aliphatic hydroxyl groups is 1. The maximum absolute atomic E-state index is 13.1. The topological polar surface area (TPSA) is 121 Å². The number of rotatable bonds is 8. The number of methoxy groups -OCH3 is 1. The van der Waals surface area contributed by atoms with E-state index >= 15 is 0 Å². The van der Waals surface area contributed by atoms with Crippen molar-refractivity contribution < 1.29 is 23.8 Å². The Morgan fingerprint density at radius 3 is 2.76 bits per heavy atom. The van der Waals surface area contributed by atoms with Crippen molar-refractivity contribution in [2.24, 2.45) is 0 Å². The molecule has 154 valence electrons. The Balaban J connectivity index is 1.67. The fourth-order valence-electron chi connectivity index (χ4n) is 2.74. The van der Waals surface area contributed by atoms with E-state index in [1.807, 2.05) is 0 Å². The molecule has 29 heavy (non-hydrogen) atoms. The molecule has 0 radical (unpaired) electrons. The third-order valence-corrected chi connectivity index (χ3v) is 4.18. The van der Waals surface area contributed by atoms with Gasteiger partial charge >= 0.3 is 6.03 Å². The average Bonchev–Trinajstić information content (AvgIpc) is 3.09. The molecule has 0 aliphatic heterocycles. The van der Waals surface area contributed by atoms with Crippen LogP contribution in [0, 0.1) is 5.82 Å². The predicted molar refractivity (Wildman–Crippen MR) is 104 cm³/mol. The van der Waals surface area contributed by atoms with E-state index in [0.29, 0.717) is 35.6 Å². The predicted octanol–water partition coefficient (Wildman–Crippen LogP) is 2.37. The first-order valence-electron chi connectivity index (χ1n) is 8.95. The smallest absolute Gasteiger partial charge is 0.320 e. The first-order chi connectivity index (χ1) is 14.0. The summed E-state index contributed by atoms with van der Waals surface area (Å²) in [6.45, 7) is 2.32. The number of aromatic nitrogens is 3. The molecule has 0 saturated carbocycles. The summed E-state index contributed by atoms with van der Waals surface area (Å²) in [7, 11) is 1.58. The van der Waals surface area contributed by atoms with Crippen LogP contribution >= 0.6 is 0 Å². The molecule has 0 aliphatic carbocycles. The van der Waals surface area contributed by atoms with Gasteiger partial charge in [-0.05, 0) is 24.6 Å². The van der Waals surface area contributed by atoms with Crippen molar-refractivity contribution in [3.05, 3.63) is 47.9 Å². The fraction of sp³-hybridized carbons (Fsp3) is 0.316. The maximum atomic E-state index is 13.1. The van der Waals surface area contributed by atoms with Crippen molar-refractivity contribution >= 4 is 22.8 Å². The number of nitrogens with one attached hydrogen (secondary N) is 3. The van der Waals surface area contributed by atoms with Gasteiger partial charge in [0.25, 0.3) is 0 Å². The monoisotopic (exact) mass is 403 g/mol. The van der Waals surface area contributed by atoms with Gasteiger partial charge in [-0.2, -0.15) is 0 Å². The van der Waals surface area contributed by atoms with Crippen LogP contribution in [0.25, 0.3) is 10.9 Å². The molecule has 2 atom stereocenters. The van der Waals surface area contributed by atoms with Gasteiger partial charge in [-0.25, -0.2) is 14.2 Å². The minimum Gasteiger partial charge on any atom is -0.474 e. The summed E-state index contributed by atoms with van der Waals surface area (Å²) >= 11 is 0. The van der Waals surface area contributed by atoms with Crippen molar-refractivity contribution in [1.82, 2.24) is 20.5 Å². The molecule has 9 nitrogen and oxygen atoms in total. The number of halogens is 1. The maximum Gasteiger partial charge on any atom is 0.320 e. The number of H-pyrrole nitrogens is 1. The average molecular weight is 403 g/mol. The number of hydrogen-bond donors (Lipinski definition) is 4. The zero-order chi connectivity index (χ0) is 20.8. The Morgan fingerprint density at radius 2 is 2.07 bits per heavy atom. The number of anilines is 1. The largest absolute Gasteiger partial charge is 0.474 e. The second-order valence-corrected chi connectivity index (χ2v) is 6.35. The van der Waals surface area contributed by atoms with Gasteiger partial charge in [-0.3, -0.25) is 10.4 Å². The lowest BCUT2D eigenvalue weighted by molar-refractivity contribution is 0.144. The van der Waals surface area contributed by atoms with Crippen LogP contribution in [0.2, 0.25) is 0 Å². The number of nitrogens with zero attached hydrogens (tertiary/aromatic N) is 2.